The lowest BCUT2D eigenvalue weighted by molar-refractivity contribution is 0.217. The van der Waals surface area contributed by atoms with E-state index in [0.29, 0.717) is 18.2 Å². The lowest BCUT2D eigenvalue weighted by Crippen LogP contribution is -2.29. The average Bonchev–Trinajstić information content (AvgIpc) is 2.09. The van der Waals surface area contributed by atoms with Gasteiger partial charge in [0.2, 0.25) is 4.27 Å². The molecule has 0 aromatic heterocycles. The van der Waals surface area contributed by atoms with Crippen molar-refractivity contribution in [1.82, 2.24) is 0 Å². The number of rotatable bonds is 1. The molecule has 0 saturated carbocycles. The van der Waals surface area contributed by atoms with E-state index >= 15 is 0 Å². The third kappa shape index (κ3) is 1.36. The Morgan fingerprint density at radius 1 is 1.64 bits per heavy atom. The van der Waals surface area contributed by atoms with Crippen LogP contribution in [0.5, 0.6) is 0 Å². The number of sulfone groups is 1. The van der Waals surface area contributed by atoms with Crippen LogP contribution in [0.4, 0.5) is 0 Å². The van der Waals surface area contributed by atoms with Gasteiger partial charge in [-0.2, -0.15) is 5.26 Å². The summed E-state index contributed by atoms with van der Waals surface area (Å²) in [5.41, 5.74) is 0. The minimum atomic E-state index is -3.45. The van der Waals surface area contributed by atoms with Crippen LogP contribution in [0, 0.1) is 10.7 Å². The Bertz CT molecular complexity index is 291. The zero-order valence-corrected chi connectivity index (χ0v) is 7.28. The Balaban J connectivity index is 2.96. The quantitative estimate of drug-likeness (QED) is 0.470. The normalized spacial score (nSPS) is 34.9. The first-order valence-electron chi connectivity index (χ1n) is 3.04. The van der Waals surface area contributed by atoms with E-state index in [1.165, 1.54) is 0 Å². The maximum Gasteiger partial charge on any atom is 0.226 e. The molecular weight excluding hydrogens is 186 g/mol. The fourth-order valence-corrected chi connectivity index (χ4v) is 3.54. The predicted molar refractivity (Wildman–Crippen MR) is 41.2 cm³/mol. The standard InChI is InChI=1S/C5H7NO3S2/c6-4-10-5(7)2-1-3-11(5,8)9/h7H,1-3H2. The molecule has 0 bridgehead atoms. The summed E-state index contributed by atoms with van der Waals surface area (Å²) in [7, 11) is -3.45. The molecule has 0 amide bonds. The number of thiocyanates is 1. The van der Waals surface area contributed by atoms with Crippen LogP contribution in [0.3, 0.4) is 0 Å². The summed E-state index contributed by atoms with van der Waals surface area (Å²) >= 11 is 0.421. The van der Waals surface area contributed by atoms with Gasteiger partial charge in [-0.15, -0.1) is 0 Å². The van der Waals surface area contributed by atoms with E-state index in [0.717, 1.165) is 0 Å². The Morgan fingerprint density at radius 2 is 2.27 bits per heavy atom. The lowest BCUT2D eigenvalue weighted by Gasteiger charge is -2.15. The number of nitriles is 1. The first kappa shape index (κ1) is 8.84. The topological polar surface area (TPSA) is 78.2 Å². The van der Waals surface area contributed by atoms with E-state index in [4.69, 9.17) is 5.26 Å². The Morgan fingerprint density at radius 3 is 2.64 bits per heavy atom. The highest BCUT2D eigenvalue weighted by Gasteiger charge is 2.47. The first-order chi connectivity index (χ1) is 5.02. The highest BCUT2D eigenvalue weighted by atomic mass is 32.3. The van der Waals surface area contributed by atoms with Crippen molar-refractivity contribution < 1.29 is 13.5 Å². The molecule has 1 heterocycles. The van der Waals surface area contributed by atoms with Crippen LogP contribution in [0.2, 0.25) is 0 Å². The highest BCUT2D eigenvalue weighted by molar-refractivity contribution is 8.17. The molecule has 11 heavy (non-hydrogen) atoms. The molecular formula is C5H7NO3S2. The van der Waals surface area contributed by atoms with Crippen molar-refractivity contribution >= 4 is 21.6 Å². The van der Waals surface area contributed by atoms with Crippen molar-refractivity contribution in [1.29, 1.82) is 5.26 Å². The molecule has 4 nitrogen and oxygen atoms in total. The molecule has 1 unspecified atom stereocenters. The van der Waals surface area contributed by atoms with Gasteiger partial charge in [-0.25, -0.2) is 8.42 Å². The second-order valence-electron chi connectivity index (χ2n) is 2.33. The summed E-state index contributed by atoms with van der Waals surface area (Å²) in [6, 6.07) is 0. The summed E-state index contributed by atoms with van der Waals surface area (Å²) in [6.45, 7) is 0. The molecule has 0 aromatic carbocycles. The Kier molecular flexibility index (Phi) is 2.14. The van der Waals surface area contributed by atoms with Gasteiger partial charge >= 0.3 is 0 Å². The van der Waals surface area contributed by atoms with Crippen molar-refractivity contribution in [2.45, 2.75) is 17.1 Å². The molecule has 0 aliphatic carbocycles. The van der Waals surface area contributed by atoms with Gasteiger partial charge in [0.15, 0.2) is 9.84 Å². The molecule has 0 spiro atoms. The fraction of sp³-hybridized carbons (Fsp3) is 0.800. The minimum absolute atomic E-state index is 0.0157. The molecule has 1 fully saturated rings. The summed E-state index contributed by atoms with van der Waals surface area (Å²) in [5.74, 6) is -0.0157. The zero-order chi connectivity index (χ0) is 8.54. The van der Waals surface area contributed by atoms with Crippen LogP contribution < -0.4 is 0 Å². The Labute approximate surface area is 69.1 Å². The molecule has 1 atom stereocenters. The molecule has 1 N–H and O–H groups in total. The molecule has 1 saturated heterocycles. The minimum Gasteiger partial charge on any atom is -0.366 e. The number of nitrogens with zero attached hydrogens (tertiary/aromatic N) is 1. The maximum absolute atomic E-state index is 11.1. The van der Waals surface area contributed by atoms with E-state index in [2.05, 4.69) is 0 Å². The number of hydrogen-bond acceptors (Lipinski definition) is 5. The van der Waals surface area contributed by atoms with Gasteiger partial charge in [-0.3, -0.25) is 0 Å². The number of aliphatic hydroxyl groups is 1. The number of hydrogen-bond donors (Lipinski definition) is 1. The molecule has 1 rings (SSSR count). The third-order valence-corrected chi connectivity index (χ3v) is 5.23. The van der Waals surface area contributed by atoms with E-state index in [1.54, 1.807) is 5.40 Å². The van der Waals surface area contributed by atoms with Crippen LogP contribution >= 0.6 is 11.8 Å². The monoisotopic (exact) mass is 193 g/mol. The highest BCUT2D eigenvalue weighted by Crippen LogP contribution is 2.38. The number of thioether (sulfide) groups is 1. The van der Waals surface area contributed by atoms with Crippen molar-refractivity contribution in [2.75, 3.05) is 5.75 Å². The summed E-state index contributed by atoms with van der Waals surface area (Å²) in [5, 5.41) is 19.2. The smallest absolute Gasteiger partial charge is 0.226 e. The van der Waals surface area contributed by atoms with E-state index in [1.807, 2.05) is 0 Å². The largest absolute Gasteiger partial charge is 0.366 e. The Hall–Kier alpha value is -0.250. The van der Waals surface area contributed by atoms with Crippen LogP contribution in [0.1, 0.15) is 12.8 Å². The van der Waals surface area contributed by atoms with E-state index in [9.17, 15) is 13.5 Å². The zero-order valence-electron chi connectivity index (χ0n) is 5.65. The lowest BCUT2D eigenvalue weighted by atomic mass is 10.4. The van der Waals surface area contributed by atoms with Gasteiger partial charge in [-0.05, 0) is 6.42 Å². The summed E-state index contributed by atoms with van der Waals surface area (Å²) < 4.78 is 20.3. The van der Waals surface area contributed by atoms with Gasteiger partial charge < -0.3 is 5.11 Å². The molecule has 6 heteroatoms. The van der Waals surface area contributed by atoms with Crippen LogP contribution in [0.15, 0.2) is 0 Å². The molecule has 0 aromatic rings. The van der Waals surface area contributed by atoms with Gasteiger partial charge in [0, 0.05) is 18.2 Å². The van der Waals surface area contributed by atoms with Crippen LogP contribution in [0.25, 0.3) is 0 Å². The predicted octanol–water partition coefficient (Wildman–Crippen LogP) is 0.0554. The van der Waals surface area contributed by atoms with Gasteiger partial charge in [-0.1, -0.05) is 0 Å². The SMILES string of the molecule is N#CSC1(O)CCCS1(=O)=O. The van der Waals surface area contributed by atoms with Gasteiger partial charge in [0.25, 0.3) is 0 Å². The van der Waals surface area contributed by atoms with E-state index < -0.39 is 14.1 Å². The van der Waals surface area contributed by atoms with Crippen molar-refractivity contribution in [3.63, 3.8) is 0 Å². The van der Waals surface area contributed by atoms with Gasteiger partial charge in [0.1, 0.15) is 5.40 Å². The van der Waals surface area contributed by atoms with Crippen molar-refractivity contribution in [2.24, 2.45) is 0 Å². The van der Waals surface area contributed by atoms with Gasteiger partial charge in [0.05, 0.1) is 5.75 Å². The first-order valence-corrected chi connectivity index (χ1v) is 5.50. The molecule has 1 aliphatic heterocycles. The molecule has 62 valence electrons. The molecule has 0 radical (unpaired) electrons. The fourth-order valence-electron chi connectivity index (χ4n) is 0.986. The maximum atomic E-state index is 11.1. The third-order valence-electron chi connectivity index (χ3n) is 1.60. The van der Waals surface area contributed by atoms with Crippen molar-refractivity contribution in [3.05, 3.63) is 0 Å². The summed E-state index contributed by atoms with van der Waals surface area (Å²) in [4.78, 5) is 0. The second kappa shape index (κ2) is 2.66. The van der Waals surface area contributed by atoms with Crippen LogP contribution in [-0.4, -0.2) is 23.5 Å². The summed E-state index contributed by atoms with van der Waals surface area (Å²) in [6.07, 6.45) is 0.598. The van der Waals surface area contributed by atoms with E-state index in [-0.39, 0.29) is 12.2 Å². The molecule has 1 aliphatic rings. The van der Waals surface area contributed by atoms with Crippen LogP contribution in [-0.2, 0) is 9.84 Å². The average molecular weight is 193 g/mol. The van der Waals surface area contributed by atoms with Crippen molar-refractivity contribution in [3.8, 4) is 5.40 Å². The second-order valence-corrected chi connectivity index (χ2v) is 5.96.